The zero-order valence-electron chi connectivity index (χ0n) is 11.6. The number of carbonyl (C=O) groups excluding carboxylic acids is 1. The zero-order chi connectivity index (χ0) is 15.1. The van der Waals surface area contributed by atoms with Crippen molar-refractivity contribution in [2.75, 3.05) is 6.54 Å². The Hall–Kier alpha value is -1.51. The van der Waals surface area contributed by atoms with Gasteiger partial charge in [-0.2, -0.15) is 0 Å². The lowest BCUT2D eigenvalue weighted by Gasteiger charge is -2.07. The first-order valence-corrected chi connectivity index (χ1v) is 7.65. The second-order valence-corrected chi connectivity index (χ2v) is 5.66. The normalized spacial score (nSPS) is 10.4. The summed E-state index contributed by atoms with van der Waals surface area (Å²) in [6.45, 7) is 0.578. The highest BCUT2D eigenvalue weighted by atomic mass is 35.5. The van der Waals surface area contributed by atoms with E-state index in [1.807, 2.05) is 36.4 Å². The van der Waals surface area contributed by atoms with Crippen LogP contribution in [0.2, 0.25) is 10.0 Å². The van der Waals surface area contributed by atoms with Crippen molar-refractivity contribution in [2.24, 2.45) is 0 Å². The van der Waals surface area contributed by atoms with E-state index in [2.05, 4.69) is 5.32 Å². The second-order valence-electron chi connectivity index (χ2n) is 4.82. The van der Waals surface area contributed by atoms with Gasteiger partial charge in [0.25, 0.3) is 0 Å². The number of amides is 1. The van der Waals surface area contributed by atoms with Crippen LogP contribution in [0.1, 0.15) is 17.5 Å². The number of nitrogens with one attached hydrogen (secondary N) is 1. The number of hydrogen-bond acceptors (Lipinski definition) is 1. The zero-order valence-corrected chi connectivity index (χ0v) is 13.1. The molecule has 0 saturated heterocycles. The molecule has 2 aromatic carbocycles. The van der Waals surface area contributed by atoms with Gasteiger partial charge in [0.1, 0.15) is 0 Å². The number of benzene rings is 2. The highest BCUT2D eigenvalue weighted by molar-refractivity contribution is 6.35. The number of hydrogen-bond donors (Lipinski definition) is 1. The second kappa shape index (κ2) is 8.06. The molecular weight excluding hydrogens is 305 g/mol. The molecule has 0 radical (unpaired) electrons. The van der Waals surface area contributed by atoms with Crippen molar-refractivity contribution in [3.63, 3.8) is 0 Å². The Morgan fingerprint density at radius 2 is 1.76 bits per heavy atom. The van der Waals surface area contributed by atoms with Crippen molar-refractivity contribution in [1.29, 1.82) is 0 Å². The van der Waals surface area contributed by atoms with E-state index in [0.717, 1.165) is 12.0 Å². The molecule has 0 heterocycles. The monoisotopic (exact) mass is 321 g/mol. The first-order chi connectivity index (χ1) is 10.1. The third-order valence-electron chi connectivity index (χ3n) is 3.22. The third kappa shape index (κ3) is 5.41. The molecule has 0 atom stereocenters. The summed E-state index contributed by atoms with van der Waals surface area (Å²) in [6, 6.07) is 15.4. The molecule has 0 unspecified atom stereocenters. The van der Waals surface area contributed by atoms with E-state index >= 15 is 0 Å². The fourth-order valence-corrected chi connectivity index (χ4v) is 2.55. The Morgan fingerprint density at radius 3 is 2.48 bits per heavy atom. The first-order valence-electron chi connectivity index (χ1n) is 6.90. The van der Waals surface area contributed by atoms with Crippen molar-refractivity contribution in [2.45, 2.75) is 19.3 Å². The van der Waals surface area contributed by atoms with Gasteiger partial charge in [-0.1, -0.05) is 59.6 Å². The van der Waals surface area contributed by atoms with Crippen LogP contribution in [0.3, 0.4) is 0 Å². The first kappa shape index (κ1) is 15.9. The Kier molecular flexibility index (Phi) is 6.09. The molecule has 0 fully saturated rings. The minimum absolute atomic E-state index is 0.0592. The van der Waals surface area contributed by atoms with Gasteiger partial charge in [-0.15, -0.1) is 0 Å². The number of aryl methyl sites for hydroxylation is 1. The Labute approximate surface area is 135 Å². The molecule has 0 aliphatic carbocycles. The van der Waals surface area contributed by atoms with E-state index in [1.165, 1.54) is 5.56 Å². The maximum Gasteiger partial charge on any atom is 0.220 e. The van der Waals surface area contributed by atoms with Crippen LogP contribution in [-0.2, 0) is 17.6 Å². The van der Waals surface area contributed by atoms with E-state index < -0.39 is 0 Å². The van der Waals surface area contributed by atoms with Crippen molar-refractivity contribution in [3.05, 3.63) is 69.7 Å². The molecule has 2 nitrogen and oxygen atoms in total. The van der Waals surface area contributed by atoms with Crippen molar-refractivity contribution in [3.8, 4) is 0 Å². The van der Waals surface area contributed by atoms with Crippen LogP contribution in [0.4, 0.5) is 0 Å². The molecular formula is C17H17Cl2NO. The van der Waals surface area contributed by atoms with Gasteiger partial charge < -0.3 is 5.32 Å². The van der Waals surface area contributed by atoms with Crippen LogP contribution in [-0.4, -0.2) is 12.5 Å². The molecule has 1 amide bonds. The van der Waals surface area contributed by atoms with E-state index in [9.17, 15) is 4.79 Å². The van der Waals surface area contributed by atoms with Gasteiger partial charge in [0.05, 0.1) is 0 Å². The van der Waals surface area contributed by atoms with Gasteiger partial charge >= 0.3 is 0 Å². The van der Waals surface area contributed by atoms with Crippen LogP contribution in [0, 0.1) is 0 Å². The van der Waals surface area contributed by atoms with Crippen LogP contribution < -0.4 is 5.32 Å². The van der Waals surface area contributed by atoms with Crippen molar-refractivity contribution < 1.29 is 4.79 Å². The average Bonchev–Trinajstić information content (AvgIpc) is 2.48. The fourth-order valence-electron chi connectivity index (χ4n) is 2.05. The topological polar surface area (TPSA) is 29.1 Å². The van der Waals surface area contributed by atoms with E-state index in [1.54, 1.807) is 12.1 Å². The highest BCUT2D eigenvalue weighted by Gasteiger charge is 2.04. The van der Waals surface area contributed by atoms with Gasteiger partial charge in [-0.25, -0.2) is 0 Å². The molecule has 1 N–H and O–H groups in total. The summed E-state index contributed by atoms with van der Waals surface area (Å²) in [5.41, 5.74) is 2.16. The molecule has 0 aliphatic heterocycles. The molecule has 0 saturated carbocycles. The smallest absolute Gasteiger partial charge is 0.220 e. The lowest BCUT2D eigenvalue weighted by Crippen LogP contribution is -2.25. The van der Waals surface area contributed by atoms with Crippen LogP contribution in [0.5, 0.6) is 0 Å². The van der Waals surface area contributed by atoms with E-state index in [4.69, 9.17) is 23.2 Å². The quantitative estimate of drug-likeness (QED) is 0.845. The van der Waals surface area contributed by atoms with Gasteiger partial charge in [0.15, 0.2) is 0 Å². The minimum atomic E-state index is 0.0592. The molecule has 0 bridgehead atoms. The van der Waals surface area contributed by atoms with Crippen molar-refractivity contribution in [1.82, 2.24) is 5.32 Å². The molecule has 4 heteroatoms. The molecule has 21 heavy (non-hydrogen) atoms. The minimum Gasteiger partial charge on any atom is -0.356 e. The summed E-state index contributed by atoms with van der Waals surface area (Å²) >= 11 is 11.9. The Morgan fingerprint density at radius 1 is 1.00 bits per heavy atom. The van der Waals surface area contributed by atoms with Crippen LogP contribution >= 0.6 is 23.2 Å². The summed E-state index contributed by atoms with van der Waals surface area (Å²) in [4.78, 5) is 11.8. The van der Waals surface area contributed by atoms with E-state index in [0.29, 0.717) is 29.4 Å². The molecule has 2 rings (SSSR count). The Bertz CT molecular complexity index is 599. The number of halogens is 2. The molecule has 2 aromatic rings. The van der Waals surface area contributed by atoms with Gasteiger partial charge in [-0.05, 0) is 36.1 Å². The predicted octanol–water partition coefficient (Wildman–Crippen LogP) is 4.28. The largest absolute Gasteiger partial charge is 0.356 e. The summed E-state index contributed by atoms with van der Waals surface area (Å²) < 4.78 is 0. The summed E-state index contributed by atoms with van der Waals surface area (Å²) in [7, 11) is 0. The Balaban J connectivity index is 1.72. The lowest BCUT2D eigenvalue weighted by atomic mass is 10.1. The average molecular weight is 322 g/mol. The van der Waals surface area contributed by atoms with Crippen LogP contribution in [0.25, 0.3) is 0 Å². The predicted molar refractivity (Wildman–Crippen MR) is 87.9 cm³/mol. The van der Waals surface area contributed by atoms with Crippen LogP contribution in [0.15, 0.2) is 48.5 Å². The lowest BCUT2D eigenvalue weighted by molar-refractivity contribution is -0.121. The SMILES string of the molecule is O=C(CCc1ccccc1)NCCc1ccc(Cl)cc1Cl. The number of rotatable bonds is 6. The molecule has 110 valence electrons. The fraction of sp³-hybridized carbons (Fsp3) is 0.235. The highest BCUT2D eigenvalue weighted by Crippen LogP contribution is 2.21. The van der Waals surface area contributed by atoms with E-state index in [-0.39, 0.29) is 5.91 Å². The summed E-state index contributed by atoms with van der Waals surface area (Å²) in [6.07, 6.45) is 1.96. The standard InChI is InChI=1S/C17H17Cl2NO/c18-15-8-7-14(16(19)12-15)10-11-20-17(21)9-6-13-4-2-1-3-5-13/h1-5,7-8,12H,6,9-11H2,(H,20,21). The maximum absolute atomic E-state index is 11.8. The number of carbonyl (C=O) groups is 1. The molecule has 0 aromatic heterocycles. The van der Waals surface area contributed by atoms with Gasteiger partial charge in [-0.3, -0.25) is 4.79 Å². The molecule has 0 spiro atoms. The summed E-state index contributed by atoms with van der Waals surface area (Å²) in [5.74, 6) is 0.0592. The maximum atomic E-state index is 11.8. The van der Waals surface area contributed by atoms with Gasteiger partial charge in [0, 0.05) is 23.0 Å². The van der Waals surface area contributed by atoms with Gasteiger partial charge in [0.2, 0.25) is 5.91 Å². The van der Waals surface area contributed by atoms with Crippen molar-refractivity contribution >= 4 is 29.1 Å². The third-order valence-corrected chi connectivity index (χ3v) is 3.80. The molecule has 0 aliphatic rings. The summed E-state index contributed by atoms with van der Waals surface area (Å²) in [5, 5.41) is 4.17.